The van der Waals surface area contributed by atoms with E-state index in [1.807, 2.05) is 6.92 Å². The van der Waals surface area contributed by atoms with E-state index in [9.17, 15) is 18.0 Å². The van der Waals surface area contributed by atoms with E-state index in [0.717, 1.165) is 12.1 Å². The lowest BCUT2D eigenvalue weighted by Crippen LogP contribution is -2.56. The fourth-order valence-corrected chi connectivity index (χ4v) is 4.66. The third-order valence-electron chi connectivity index (χ3n) is 6.91. The van der Waals surface area contributed by atoms with Gasteiger partial charge in [-0.1, -0.05) is 26.0 Å². The third kappa shape index (κ3) is 4.55. The van der Waals surface area contributed by atoms with Crippen LogP contribution < -0.4 is 0 Å². The van der Waals surface area contributed by atoms with Crippen molar-refractivity contribution in [2.75, 3.05) is 19.8 Å². The number of rotatable bonds is 2. The molecule has 31 heavy (non-hydrogen) atoms. The Balaban J connectivity index is 1.36. The average molecular weight is 441 g/mol. The van der Waals surface area contributed by atoms with Crippen LogP contribution in [0.15, 0.2) is 24.3 Å². The molecule has 2 saturated heterocycles. The highest BCUT2D eigenvalue weighted by molar-refractivity contribution is 5.70. The van der Waals surface area contributed by atoms with Gasteiger partial charge in [-0.25, -0.2) is 4.79 Å². The molecule has 4 rings (SSSR count). The Hall–Kier alpha value is -1.80. The van der Waals surface area contributed by atoms with Crippen LogP contribution in [0.4, 0.5) is 18.0 Å². The fourth-order valence-electron chi connectivity index (χ4n) is 4.66. The van der Waals surface area contributed by atoms with Crippen molar-refractivity contribution in [3.8, 4) is 0 Å². The Morgan fingerprint density at radius 1 is 0.968 bits per heavy atom. The van der Waals surface area contributed by atoms with E-state index in [-0.39, 0.29) is 11.5 Å². The first-order chi connectivity index (χ1) is 14.4. The third-order valence-corrected chi connectivity index (χ3v) is 6.91. The quantitative estimate of drug-likeness (QED) is 0.592. The number of hydrogen-bond donors (Lipinski definition) is 0. The Kier molecular flexibility index (Phi) is 5.53. The van der Waals surface area contributed by atoms with E-state index >= 15 is 0 Å². The number of ether oxygens (including phenoxy) is 3. The van der Waals surface area contributed by atoms with Gasteiger partial charge in [0.15, 0.2) is 5.79 Å². The van der Waals surface area contributed by atoms with Crippen molar-refractivity contribution < 1.29 is 32.2 Å². The van der Waals surface area contributed by atoms with Crippen LogP contribution in [0.3, 0.4) is 0 Å². The van der Waals surface area contributed by atoms with Gasteiger partial charge in [-0.2, -0.15) is 13.2 Å². The van der Waals surface area contributed by atoms with Gasteiger partial charge >= 0.3 is 12.3 Å². The van der Waals surface area contributed by atoms with E-state index in [0.29, 0.717) is 57.4 Å². The minimum Gasteiger partial charge on any atom is -0.443 e. The molecular weight excluding hydrogens is 411 g/mol. The topological polar surface area (TPSA) is 48.0 Å². The second-order valence-corrected chi connectivity index (χ2v) is 9.94. The molecule has 172 valence electrons. The molecule has 5 nitrogen and oxygen atoms in total. The number of benzene rings is 1. The summed E-state index contributed by atoms with van der Waals surface area (Å²) < 4.78 is 56.5. The highest BCUT2D eigenvalue weighted by Crippen LogP contribution is 2.47. The lowest BCUT2D eigenvalue weighted by atomic mass is 9.77. The van der Waals surface area contributed by atoms with Crippen LogP contribution in [-0.2, 0) is 20.4 Å². The molecule has 3 aliphatic rings. The lowest BCUT2D eigenvalue weighted by molar-refractivity contribution is -0.320. The van der Waals surface area contributed by atoms with Crippen LogP contribution in [0.5, 0.6) is 0 Å². The normalized spacial score (nSPS) is 26.0. The molecule has 0 radical (unpaired) electrons. The molecule has 0 bridgehead atoms. The van der Waals surface area contributed by atoms with Crippen molar-refractivity contribution in [2.24, 2.45) is 5.41 Å². The maximum atomic E-state index is 12.8. The predicted molar refractivity (Wildman–Crippen MR) is 107 cm³/mol. The van der Waals surface area contributed by atoms with Gasteiger partial charge in [0.25, 0.3) is 0 Å². The van der Waals surface area contributed by atoms with Crippen LogP contribution in [0.25, 0.3) is 0 Å². The van der Waals surface area contributed by atoms with Crippen molar-refractivity contribution >= 4 is 6.09 Å². The van der Waals surface area contributed by atoms with Gasteiger partial charge in [0, 0.05) is 31.2 Å². The molecule has 1 aliphatic carbocycles. The molecule has 0 aromatic heterocycles. The molecule has 2 spiro atoms. The van der Waals surface area contributed by atoms with Gasteiger partial charge in [-0.3, -0.25) is 0 Å². The smallest absolute Gasteiger partial charge is 0.416 e. The van der Waals surface area contributed by atoms with Crippen LogP contribution in [0.2, 0.25) is 0 Å². The van der Waals surface area contributed by atoms with E-state index in [1.54, 1.807) is 4.90 Å². The molecule has 1 aromatic carbocycles. The number of hydrogen-bond acceptors (Lipinski definition) is 4. The first-order valence-corrected chi connectivity index (χ1v) is 10.9. The van der Waals surface area contributed by atoms with Crippen LogP contribution in [0, 0.1) is 5.41 Å². The largest absolute Gasteiger partial charge is 0.443 e. The Morgan fingerprint density at radius 3 is 2.06 bits per heavy atom. The molecule has 1 atom stereocenters. The summed E-state index contributed by atoms with van der Waals surface area (Å²) in [5.41, 5.74) is -0.559. The zero-order valence-corrected chi connectivity index (χ0v) is 18.3. The number of carbonyl (C=O) groups excluding carboxylic acids is 1. The van der Waals surface area contributed by atoms with Gasteiger partial charge in [0.2, 0.25) is 0 Å². The summed E-state index contributed by atoms with van der Waals surface area (Å²) in [7, 11) is 0. The molecule has 1 amide bonds. The summed E-state index contributed by atoms with van der Waals surface area (Å²) >= 11 is 0. The molecule has 0 N–H and O–H groups in total. The number of alkyl halides is 3. The van der Waals surface area contributed by atoms with Crippen LogP contribution in [-0.4, -0.2) is 42.1 Å². The monoisotopic (exact) mass is 441 g/mol. The molecule has 1 aromatic rings. The number of amides is 1. The molecule has 8 heteroatoms. The van der Waals surface area contributed by atoms with Crippen LogP contribution >= 0.6 is 0 Å². The summed E-state index contributed by atoms with van der Waals surface area (Å²) in [5, 5.41) is 0. The Bertz CT molecular complexity index is 801. The Morgan fingerprint density at radius 2 is 1.55 bits per heavy atom. The summed E-state index contributed by atoms with van der Waals surface area (Å²) in [5.74, 6) is -0.572. The summed E-state index contributed by atoms with van der Waals surface area (Å²) in [4.78, 5) is 14.4. The molecule has 2 aliphatic heterocycles. The molecule has 1 unspecified atom stereocenters. The minimum atomic E-state index is -4.38. The van der Waals surface area contributed by atoms with Crippen LogP contribution in [0.1, 0.15) is 70.0 Å². The zero-order chi connectivity index (χ0) is 22.5. The van der Waals surface area contributed by atoms with Gasteiger partial charge in [0.1, 0.15) is 5.60 Å². The number of halogens is 3. The second kappa shape index (κ2) is 7.66. The van der Waals surface area contributed by atoms with Crippen molar-refractivity contribution in [3.63, 3.8) is 0 Å². The van der Waals surface area contributed by atoms with Crippen molar-refractivity contribution in [3.05, 3.63) is 35.4 Å². The predicted octanol–water partition coefficient (Wildman–Crippen LogP) is 5.69. The van der Waals surface area contributed by atoms with Gasteiger partial charge < -0.3 is 19.1 Å². The molecule has 3 fully saturated rings. The summed E-state index contributed by atoms with van der Waals surface area (Å²) in [6.45, 7) is 7.83. The maximum absolute atomic E-state index is 12.8. The molecule has 1 saturated carbocycles. The van der Waals surface area contributed by atoms with E-state index < -0.39 is 29.2 Å². The van der Waals surface area contributed by atoms with Gasteiger partial charge in [-0.05, 0) is 37.5 Å². The summed E-state index contributed by atoms with van der Waals surface area (Å²) in [6.07, 6.45) is -1.37. The average Bonchev–Trinajstić information content (AvgIpc) is 2.72. The zero-order valence-electron chi connectivity index (χ0n) is 18.3. The summed E-state index contributed by atoms with van der Waals surface area (Å²) in [6, 6.07) is 4.58. The van der Waals surface area contributed by atoms with E-state index in [4.69, 9.17) is 14.2 Å². The van der Waals surface area contributed by atoms with E-state index in [1.165, 1.54) is 12.1 Å². The van der Waals surface area contributed by atoms with Crippen molar-refractivity contribution in [1.82, 2.24) is 4.90 Å². The molecule has 2 heterocycles. The SMILES string of the molecule is CC(c1ccc(C(F)(F)F)cc1)N1CCC2(CCC3(CC2)OCC(C)(C)CO3)OC1=O. The highest BCUT2D eigenvalue weighted by atomic mass is 19.4. The number of carbonyl (C=O) groups is 1. The minimum absolute atomic E-state index is 0.00658. The first kappa shape index (κ1) is 22.4. The van der Waals surface area contributed by atoms with Gasteiger partial charge in [-0.15, -0.1) is 0 Å². The maximum Gasteiger partial charge on any atom is 0.416 e. The van der Waals surface area contributed by atoms with Crippen molar-refractivity contribution in [1.29, 1.82) is 0 Å². The standard InChI is InChI=1S/C23H30F3NO4/c1-16(17-4-6-18(7-5-17)23(24,25)26)27-13-12-21(31-19(27)28)8-10-22(11-9-21)29-14-20(2,3)15-30-22/h4-7,16H,8-15H2,1-3H3. The highest BCUT2D eigenvalue weighted by Gasteiger charge is 2.51. The second-order valence-electron chi connectivity index (χ2n) is 9.94. The van der Waals surface area contributed by atoms with Gasteiger partial charge in [0.05, 0.1) is 24.8 Å². The first-order valence-electron chi connectivity index (χ1n) is 10.9. The Labute approximate surface area is 180 Å². The number of nitrogens with zero attached hydrogens (tertiary/aromatic N) is 1. The lowest BCUT2D eigenvalue weighted by Gasteiger charge is -2.51. The van der Waals surface area contributed by atoms with E-state index in [2.05, 4.69) is 13.8 Å². The van der Waals surface area contributed by atoms with Crippen molar-refractivity contribution in [2.45, 2.75) is 76.5 Å². The molecular formula is C23H30F3NO4. The fraction of sp³-hybridized carbons (Fsp3) is 0.696.